The Kier molecular flexibility index (Phi) is 8.07. The van der Waals surface area contributed by atoms with E-state index in [4.69, 9.17) is 24.6 Å². The number of carbonyl (C=O) groups excluding carboxylic acids is 2. The summed E-state index contributed by atoms with van der Waals surface area (Å²) in [5, 5.41) is 9.54. The van der Waals surface area contributed by atoms with E-state index in [1.54, 1.807) is 54.0 Å². The van der Waals surface area contributed by atoms with Crippen molar-refractivity contribution in [1.82, 2.24) is 14.1 Å². The van der Waals surface area contributed by atoms with Gasteiger partial charge in [-0.25, -0.2) is 19.0 Å². The zero-order valence-electron chi connectivity index (χ0n) is 25.4. The number of halogens is 1. The molecule has 3 aromatic carbocycles. The molecule has 0 saturated carbocycles. The van der Waals surface area contributed by atoms with E-state index in [2.05, 4.69) is 0 Å². The lowest BCUT2D eigenvalue weighted by atomic mass is 10.1. The molecular formula is C35H33FN4O5. The van der Waals surface area contributed by atoms with Gasteiger partial charge in [0, 0.05) is 12.6 Å². The summed E-state index contributed by atoms with van der Waals surface area (Å²) >= 11 is 0. The van der Waals surface area contributed by atoms with Crippen molar-refractivity contribution in [2.45, 2.75) is 52.6 Å². The van der Waals surface area contributed by atoms with E-state index in [1.165, 1.54) is 10.6 Å². The largest absolute Gasteiger partial charge is 0.459 e. The van der Waals surface area contributed by atoms with Crippen LogP contribution < -0.4 is 5.49 Å². The fraction of sp³-hybridized carbons (Fsp3) is 0.257. The van der Waals surface area contributed by atoms with Gasteiger partial charge in [0.05, 0.1) is 22.2 Å². The Morgan fingerprint density at radius 3 is 2.20 bits per heavy atom. The van der Waals surface area contributed by atoms with Crippen molar-refractivity contribution in [2.24, 2.45) is 0 Å². The minimum Gasteiger partial charge on any atom is -0.459 e. The summed E-state index contributed by atoms with van der Waals surface area (Å²) in [6.45, 7) is 7.29. The van der Waals surface area contributed by atoms with Gasteiger partial charge < -0.3 is 18.8 Å². The topological polar surface area (TPSA) is 108 Å². The van der Waals surface area contributed by atoms with Gasteiger partial charge in [-0.1, -0.05) is 47.5 Å². The number of fused-ring (bicyclic) bond motifs is 1. The number of carbonyl (C=O) groups is 2. The van der Waals surface area contributed by atoms with Crippen LogP contribution in [0.3, 0.4) is 0 Å². The average Bonchev–Trinajstić information content (AvgIpc) is 3.57. The minimum absolute atomic E-state index is 0.0859. The Morgan fingerprint density at radius 1 is 0.933 bits per heavy atom. The summed E-state index contributed by atoms with van der Waals surface area (Å²) in [6.07, 6.45) is -0.0681. The van der Waals surface area contributed by atoms with Gasteiger partial charge in [0.1, 0.15) is 47.8 Å². The van der Waals surface area contributed by atoms with Crippen LogP contribution >= 0.6 is 0 Å². The van der Waals surface area contributed by atoms with Crippen LogP contribution in [0.1, 0.15) is 55.9 Å². The average molecular weight is 609 g/mol. The van der Waals surface area contributed by atoms with E-state index in [0.29, 0.717) is 28.0 Å². The quantitative estimate of drug-likeness (QED) is 0.226. The van der Waals surface area contributed by atoms with Crippen LogP contribution in [0.5, 0.6) is 0 Å². The predicted octanol–water partition coefficient (Wildman–Crippen LogP) is 6.05. The summed E-state index contributed by atoms with van der Waals surface area (Å²) in [5.41, 5.74) is 4.38. The molecule has 230 valence electrons. The monoisotopic (exact) mass is 608 g/mol. The van der Waals surface area contributed by atoms with E-state index < -0.39 is 36.2 Å². The Morgan fingerprint density at radius 2 is 1.56 bits per heavy atom. The van der Waals surface area contributed by atoms with Crippen molar-refractivity contribution in [2.75, 3.05) is 6.61 Å². The van der Waals surface area contributed by atoms with Gasteiger partial charge in [-0.3, -0.25) is 9.98 Å². The highest BCUT2D eigenvalue weighted by molar-refractivity contribution is 5.90. The molecule has 0 radical (unpaired) electrons. The Hall–Kier alpha value is -5.09. The molecule has 1 aliphatic rings. The number of esters is 2. The molecule has 1 aliphatic heterocycles. The van der Waals surface area contributed by atoms with Crippen LogP contribution in [0, 0.1) is 38.9 Å². The molecule has 6 rings (SSSR count). The fourth-order valence-corrected chi connectivity index (χ4v) is 5.64. The number of aromatic nitrogens is 3. The highest BCUT2D eigenvalue weighted by Gasteiger charge is 2.41. The first-order chi connectivity index (χ1) is 21.6. The second-order valence-electron chi connectivity index (χ2n) is 11.4. The second kappa shape index (κ2) is 12.1. The third-order valence-electron chi connectivity index (χ3n) is 8.04. The van der Waals surface area contributed by atoms with Crippen LogP contribution in [-0.2, 0) is 14.2 Å². The fourth-order valence-electron chi connectivity index (χ4n) is 5.64. The molecule has 2 aromatic heterocycles. The number of hydrogen-bond acceptors (Lipinski definition) is 7. The molecule has 3 atom stereocenters. The number of ether oxygens (including phenoxy) is 3. The first-order valence-electron chi connectivity index (χ1n) is 14.7. The van der Waals surface area contributed by atoms with Crippen LogP contribution in [0.2, 0.25) is 0 Å². The van der Waals surface area contributed by atoms with Crippen molar-refractivity contribution < 1.29 is 28.2 Å². The highest BCUT2D eigenvalue weighted by atomic mass is 19.1. The number of nitrogens with one attached hydrogen (secondary N) is 1. The SMILES string of the molecule is Cc1ccc(C(=O)OC[C@H]2O[C@@H](n3cc(C)c4c(=N)n(-c5ccccc5F)c(C)nc43)C[C@@H]2OC(=O)c2ccc(C)cc2)cc1. The van der Waals surface area contributed by atoms with Crippen LogP contribution in [-0.4, -0.2) is 44.9 Å². The summed E-state index contributed by atoms with van der Waals surface area (Å²) in [4.78, 5) is 30.7. The van der Waals surface area contributed by atoms with Crippen molar-refractivity contribution in [1.29, 1.82) is 5.41 Å². The number of para-hydroxylation sites is 1. The Bertz CT molecular complexity index is 1960. The van der Waals surface area contributed by atoms with Gasteiger partial charge in [-0.15, -0.1) is 0 Å². The maximum atomic E-state index is 14.7. The van der Waals surface area contributed by atoms with E-state index >= 15 is 0 Å². The number of rotatable bonds is 7. The highest BCUT2D eigenvalue weighted by Crippen LogP contribution is 2.35. The summed E-state index contributed by atoms with van der Waals surface area (Å²) in [5.74, 6) is -1.07. The van der Waals surface area contributed by atoms with Gasteiger partial charge in [-0.05, 0) is 69.7 Å². The van der Waals surface area contributed by atoms with Crippen molar-refractivity contribution in [3.63, 3.8) is 0 Å². The molecule has 0 bridgehead atoms. The number of aryl methyl sites for hydroxylation is 4. The lowest BCUT2D eigenvalue weighted by molar-refractivity contribution is -0.0562. The summed E-state index contributed by atoms with van der Waals surface area (Å²) in [7, 11) is 0. The smallest absolute Gasteiger partial charge is 0.338 e. The molecule has 10 heteroatoms. The molecule has 9 nitrogen and oxygen atoms in total. The lowest BCUT2D eigenvalue weighted by Gasteiger charge is -2.19. The first-order valence-corrected chi connectivity index (χ1v) is 14.7. The summed E-state index contributed by atoms with van der Waals surface area (Å²) in [6, 6.07) is 20.4. The minimum atomic E-state index is -0.764. The van der Waals surface area contributed by atoms with Crippen LogP contribution in [0.25, 0.3) is 16.7 Å². The lowest BCUT2D eigenvalue weighted by Crippen LogP contribution is -2.32. The molecule has 0 amide bonds. The molecule has 45 heavy (non-hydrogen) atoms. The zero-order valence-corrected chi connectivity index (χ0v) is 25.4. The maximum absolute atomic E-state index is 14.7. The third kappa shape index (κ3) is 5.88. The van der Waals surface area contributed by atoms with Crippen molar-refractivity contribution >= 4 is 23.0 Å². The predicted molar refractivity (Wildman–Crippen MR) is 165 cm³/mol. The molecule has 5 aromatic rings. The molecule has 1 fully saturated rings. The van der Waals surface area contributed by atoms with Gasteiger partial charge in [-0.2, -0.15) is 0 Å². The van der Waals surface area contributed by atoms with Crippen molar-refractivity contribution in [3.05, 3.63) is 124 Å². The Balaban J connectivity index is 1.31. The molecule has 0 spiro atoms. The van der Waals surface area contributed by atoms with Crippen LogP contribution in [0.4, 0.5) is 4.39 Å². The normalized spacial score (nSPS) is 17.8. The number of nitrogens with zero attached hydrogens (tertiary/aromatic N) is 3. The van der Waals surface area contributed by atoms with E-state index in [0.717, 1.165) is 16.7 Å². The maximum Gasteiger partial charge on any atom is 0.338 e. The molecule has 1 N–H and O–H groups in total. The first kappa shape index (κ1) is 30.0. The van der Waals surface area contributed by atoms with Crippen LogP contribution in [0.15, 0.2) is 79.0 Å². The van der Waals surface area contributed by atoms with E-state index in [1.807, 2.05) is 51.2 Å². The standard InChI is InChI=1S/C35H33FN4O5/c1-20-9-13-24(14-10-20)34(41)43-19-29-28(45-35(42)25-15-11-21(2)12-16-25)17-30(44-29)39-18-22(3)31-32(37)40(23(4)38-33(31)39)27-8-6-5-7-26(27)36/h5-16,18,28-30,37H,17,19H2,1-4H3/t28-,29+,30+/m0/s1. The number of hydrogen-bond donors (Lipinski definition) is 1. The molecule has 0 aliphatic carbocycles. The van der Waals surface area contributed by atoms with E-state index in [-0.39, 0.29) is 24.2 Å². The number of benzene rings is 3. The second-order valence-corrected chi connectivity index (χ2v) is 11.4. The molecule has 3 heterocycles. The van der Waals surface area contributed by atoms with Gasteiger partial charge in [0.2, 0.25) is 0 Å². The molecule has 0 unspecified atom stereocenters. The summed E-state index contributed by atoms with van der Waals surface area (Å²) < 4.78 is 36.0. The van der Waals surface area contributed by atoms with Crippen molar-refractivity contribution in [3.8, 4) is 5.69 Å². The Labute approximate surface area is 259 Å². The van der Waals surface area contributed by atoms with Gasteiger partial charge >= 0.3 is 11.9 Å². The van der Waals surface area contributed by atoms with Gasteiger partial charge in [0.25, 0.3) is 0 Å². The third-order valence-corrected chi connectivity index (χ3v) is 8.04. The molecular weight excluding hydrogens is 575 g/mol. The zero-order chi connectivity index (χ0) is 31.8. The molecule has 1 saturated heterocycles. The van der Waals surface area contributed by atoms with Gasteiger partial charge in [0.15, 0.2) is 0 Å². The van der Waals surface area contributed by atoms with E-state index in [9.17, 15) is 14.0 Å².